The van der Waals surface area contributed by atoms with Gasteiger partial charge in [-0.3, -0.25) is 0 Å². The van der Waals surface area contributed by atoms with E-state index in [1.807, 2.05) is 50.4 Å². The Kier molecular flexibility index (Phi) is 3.29. The van der Waals surface area contributed by atoms with Crippen LogP contribution >= 0.6 is 0 Å². The summed E-state index contributed by atoms with van der Waals surface area (Å²) in [6.45, 7) is 2.58. The number of nitrogens with zero attached hydrogens (tertiary/aromatic N) is 1. The molecule has 0 aliphatic carbocycles. The van der Waals surface area contributed by atoms with Crippen molar-refractivity contribution in [2.24, 2.45) is 0 Å². The molecular formula is C16H17N3O. The van der Waals surface area contributed by atoms with Gasteiger partial charge in [0.05, 0.1) is 12.1 Å². The van der Waals surface area contributed by atoms with Gasteiger partial charge in [-0.05, 0) is 43.3 Å². The molecule has 0 saturated heterocycles. The van der Waals surface area contributed by atoms with Crippen molar-refractivity contribution in [3.63, 3.8) is 0 Å². The monoisotopic (exact) mass is 267 g/mol. The topological polar surface area (TPSA) is 50.1 Å². The fourth-order valence-electron chi connectivity index (χ4n) is 2.23. The van der Waals surface area contributed by atoms with Crippen LogP contribution in [0.15, 0.2) is 46.9 Å². The smallest absolute Gasteiger partial charge is 0.127 e. The van der Waals surface area contributed by atoms with Gasteiger partial charge >= 0.3 is 0 Å². The molecule has 2 heterocycles. The highest BCUT2D eigenvalue weighted by Gasteiger charge is 2.03. The molecule has 1 aromatic carbocycles. The molecule has 0 amide bonds. The Morgan fingerprint density at radius 2 is 2.00 bits per heavy atom. The number of hydrogen-bond donors (Lipinski definition) is 2. The van der Waals surface area contributed by atoms with E-state index in [1.165, 1.54) is 0 Å². The van der Waals surface area contributed by atoms with Crippen LogP contribution in [-0.2, 0) is 6.54 Å². The van der Waals surface area contributed by atoms with Gasteiger partial charge < -0.3 is 15.1 Å². The van der Waals surface area contributed by atoms with Crippen LogP contribution in [0.4, 0.5) is 11.5 Å². The van der Waals surface area contributed by atoms with Crippen molar-refractivity contribution in [3.8, 4) is 0 Å². The van der Waals surface area contributed by atoms with Crippen LogP contribution in [-0.4, -0.2) is 12.0 Å². The van der Waals surface area contributed by atoms with E-state index in [1.54, 1.807) is 0 Å². The molecule has 0 radical (unpaired) electrons. The van der Waals surface area contributed by atoms with Crippen molar-refractivity contribution in [1.29, 1.82) is 0 Å². The standard InChI is InChI=1S/C16H17N3O/c1-11-6-7-12(20-11)10-18-16-9-8-13-14(17-2)4-3-5-15(13)19-16/h3-9,17H,10H2,1-2H3,(H,18,19). The number of aromatic nitrogens is 1. The number of benzene rings is 1. The predicted molar refractivity (Wildman–Crippen MR) is 82.1 cm³/mol. The quantitative estimate of drug-likeness (QED) is 0.755. The van der Waals surface area contributed by atoms with Crippen molar-refractivity contribution in [2.45, 2.75) is 13.5 Å². The summed E-state index contributed by atoms with van der Waals surface area (Å²) in [5.41, 5.74) is 2.06. The summed E-state index contributed by atoms with van der Waals surface area (Å²) in [5, 5.41) is 7.57. The first-order valence-electron chi connectivity index (χ1n) is 6.63. The highest BCUT2D eigenvalue weighted by Crippen LogP contribution is 2.23. The van der Waals surface area contributed by atoms with Crippen molar-refractivity contribution in [2.75, 3.05) is 17.7 Å². The molecule has 3 aromatic rings. The predicted octanol–water partition coefficient (Wildman–Crippen LogP) is 3.79. The molecule has 3 rings (SSSR count). The second kappa shape index (κ2) is 5.25. The molecule has 4 nitrogen and oxygen atoms in total. The molecule has 0 atom stereocenters. The fraction of sp³-hybridized carbons (Fsp3) is 0.188. The third kappa shape index (κ3) is 2.45. The third-order valence-electron chi connectivity index (χ3n) is 3.24. The summed E-state index contributed by atoms with van der Waals surface area (Å²) in [6.07, 6.45) is 0. The van der Waals surface area contributed by atoms with E-state index in [-0.39, 0.29) is 0 Å². The Morgan fingerprint density at radius 3 is 2.75 bits per heavy atom. The van der Waals surface area contributed by atoms with Crippen LogP contribution in [0.3, 0.4) is 0 Å². The Hall–Kier alpha value is -2.49. The number of hydrogen-bond acceptors (Lipinski definition) is 4. The number of furan rings is 1. The van der Waals surface area contributed by atoms with Gasteiger partial charge in [0, 0.05) is 18.1 Å². The van der Waals surface area contributed by atoms with Crippen LogP contribution in [0.25, 0.3) is 10.9 Å². The van der Waals surface area contributed by atoms with Crippen molar-refractivity contribution in [1.82, 2.24) is 4.98 Å². The summed E-state index contributed by atoms with van der Waals surface area (Å²) < 4.78 is 5.53. The minimum atomic E-state index is 0.637. The van der Waals surface area contributed by atoms with Crippen LogP contribution in [0.1, 0.15) is 11.5 Å². The molecule has 2 N–H and O–H groups in total. The zero-order valence-corrected chi connectivity index (χ0v) is 11.6. The number of fused-ring (bicyclic) bond motifs is 1. The zero-order valence-electron chi connectivity index (χ0n) is 11.6. The normalized spacial score (nSPS) is 10.7. The van der Waals surface area contributed by atoms with Gasteiger partial charge in [-0.25, -0.2) is 4.98 Å². The number of nitrogens with one attached hydrogen (secondary N) is 2. The minimum absolute atomic E-state index is 0.637. The number of pyridine rings is 1. The maximum absolute atomic E-state index is 5.53. The largest absolute Gasteiger partial charge is 0.465 e. The van der Waals surface area contributed by atoms with Gasteiger partial charge in [0.1, 0.15) is 17.3 Å². The first kappa shape index (κ1) is 12.5. The second-order valence-corrected chi connectivity index (χ2v) is 4.68. The van der Waals surface area contributed by atoms with Crippen LogP contribution in [0, 0.1) is 6.92 Å². The summed E-state index contributed by atoms with van der Waals surface area (Å²) in [4.78, 5) is 4.61. The minimum Gasteiger partial charge on any atom is -0.465 e. The zero-order chi connectivity index (χ0) is 13.9. The average molecular weight is 267 g/mol. The molecule has 0 saturated carbocycles. The van der Waals surface area contributed by atoms with Crippen LogP contribution in [0.5, 0.6) is 0 Å². The van der Waals surface area contributed by atoms with Crippen LogP contribution < -0.4 is 10.6 Å². The molecule has 0 spiro atoms. The van der Waals surface area contributed by atoms with Gasteiger partial charge in [0.15, 0.2) is 0 Å². The van der Waals surface area contributed by atoms with Crippen LogP contribution in [0.2, 0.25) is 0 Å². The average Bonchev–Trinajstić information content (AvgIpc) is 2.89. The maximum Gasteiger partial charge on any atom is 0.127 e. The molecule has 0 bridgehead atoms. The number of anilines is 2. The van der Waals surface area contributed by atoms with Gasteiger partial charge in [-0.15, -0.1) is 0 Å². The Bertz CT molecular complexity index is 733. The number of rotatable bonds is 4. The lowest BCUT2D eigenvalue weighted by molar-refractivity contribution is 0.490. The fourth-order valence-corrected chi connectivity index (χ4v) is 2.23. The number of aryl methyl sites for hydroxylation is 1. The molecule has 0 unspecified atom stereocenters. The van der Waals surface area contributed by atoms with E-state index in [9.17, 15) is 0 Å². The van der Waals surface area contributed by atoms with E-state index >= 15 is 0 Å². The highest BCUT2D eigenvalue weighted by atomic mass is 16.3. The summed E-state index contributed by atoms with van der Waals surface area (Å²) in [5.74, 6) is 2.68. The molecular weight excluding hydrogens is 250 g/mol. The van der Waals surface area contributed by atoms with Crippen molar-refractivity contribution >= 4 is 22.4 Å². The molecule has 0 aliphatic heterocycles. The molecule has 0 fully saturated rings. The maximum atomic E-state index is 5.53. The molecule has 0 aliphatic rings. The molecule has 102 valence electrons. The molecule has 4 heteroatoms. The first-order chi connectivity index (χ1) is 9.76. The highest BCUT2D eigenvalue weighted by molar-refractivity contribution is 5.92. The summed E-state index contributed by atoms with van der Waals surface area (Å²) in [7, 11) is 1.92. The van der Waals surface area contributed by atoms with E-state index in [0.717, 1.165) is 33.9 Å². The van der Waals surface area contributed by atoms with Gasteiger partial charge in [-0.2, -0.15) is 0 Å². The molecule has 20 heavy (non-hydrogen) atoms. The summed E-state index contributed by atoms with van der Waals surface area (Å²) >= 11 is 0. The SMILES string of the molecule is CNc1cccc2nc(NCc3ccc(C)o3)ccc12. The van der Waals surface area contributed by atoms with E-state index in [4.69, 9.17) is 4.42 Å². The Labute approximate surface area is 117 Å². The Balaban J connectivity index is 1.82. The van der Waals surface area contributed by atoms with Gasteiger partial charge in [-0.1, -0.05) is 6.07 Å². The third-order valence-corrected chi connectivity index (χ3v) is 3.24. The van der Waals surface area contributed by atoms with E-state index in [0.29, 0.717) is 6.54 Å². The first-order valence-corrected chi connectivity index (χ1v) is 6.63. The lowest BCUT2D eigenvalue weighted by atomic mass is 10.2. The molecule has 2 aromatic heterocycles. The summed E-state index contributed by atoms with van der Waals surface area (Å²) in [6, 6.07) is 14.1. The second-order valence-electron chi connectivity index (χ2n) is 4.68. The van der Waals surface area contributed by atoms with Gasteiger partial charge in [0.2, 0.25) is 0 Å². The lowest BCUT2D eigenvalue weighted by Crippen LogP contribution is -2.00. The van der Waals surface area contributed by atoms with E-state index < -0.39 is 0 Å². The van der Waals surface area contributed by atoms with Gasteiger partial charge in [0.25, 0.3) is 0 Å². The Morgan fingerprint density at radius 1 is 1.10 bits per heavy atom. The van der Waals surface area contributed by atoms with E-state index in [2.05, 4.69) is 21.7 Å². The van der Waals surface area contributed by atoms with Crippen molar-refractivity contribution < 1.29 is 4.42 Å². The lowest BCUT2D eigenvalue weighted by Gasteiger charge is -2.08. The van der Waals surface area contributed by atoms with Crippen molar-refractivity contribution in [3.05, 3.63) is 54.0 Å².